The first-order valence-corrected chi connectivity index (χ1v) is 12.9. The molecule has 1 fully saturated rings. The van der Waals surface area contributed by atoms with Gasteiger partial charge >= 0.3 is 12.1 Å². The van der Waals surface area contributed by atoms with E-state index >= 15 is 0 Å². The quantitative estimate of drug-likeness (QED) is 0.412. The van der Waals surface area contributed by atoms with Crippen LogP contribution in [0.15, 0.2) is 42.5 Å². The van der Waals surface area contributed by atoms with Gasteiger partial charge in [-0.25, -0.2) is 9.59 Å². The molecule has 1 atom stereocenters. The van der Waals surface area contributed by atoms with E-state index in [1.807, 2.05) is 34.9 Å². The van der Waals surface area contributed by atoms with E-state index in [2.05, 4.69) is 10.6 Å². The Morgan fingerprint density at radius 2 is 1.81 bits per heavy atom. The molecule has 3 N–H and O–H groups in total. The zero-order valence-electron chi connectivity index (χ0n) is 21.5. The van der Waals surface area contributed by atoms with Gasteiger partial charge in [-0.1, -0.05) is 43.5 Å². The highest BCUT2D eigenvalue weighted by atomic mass is 16.6. The van der Waals surface area contributed by atoms with Crippen LogP contribution in [0.25, 0.3) is 22.2 Å². The predicted octanol–water partition coefficient (Wildman–Crippen LogP) is 5.90. The standard InChI is InChI=1S/C29H33N3O5/c1-29(2,3)37-28(36)31-22-16-32-23-15-18(27(34)35)13-14-20(23)24(17-9-5-4-6-10-17)25(32)19-11-7-8-12-21(19)30-26(22)33/h7-8,11-15,17,22H,4-6,9-10,16H2,1-3H3,(H,30,33)(H,31,36)(H,34,35). The van der Waals surface area contributed by atoms with Crippen LogP contribution < -0.4 is 10.6 Å². The molecule has 8 heteroatoms. The number of carbonyl (C=O) groups excluding carboxylic acids is 2. The molecule has 0 saturated heterocycles. The van der Waals surface area contributed by atoms with E-state index in [0.717, 1.165) is 47.8 Å². The topological polar surface area (TPSA) is 110 Å². The highest BCUT2D eigenvalue weighted by molar-refractivity contribution is 6.04. The first-order valence-electron chi connectivity index (χ1n) is 12.9. The maximum absolute atomic E-state index is 13.4. The van der Waals surface area contributed by atoms with Gasteiger partial charge in [-0.3, -0.25) is 4.79 Å². The molecule has 1 aliphatic heterocycles. The summed E-state index contributed by atoms with van der Waals surface area (Å²) in [7, 11) is 0. The Morgan fingerprint density at radius 3 is 2.51 bits per heavy atom. The predicted molar refractivity (Wildman–Crippen MR) is 142 cm³/mol. The van der Waals surface area contributed by atoms with Crippen molar-refractivity contribution in [2.24, 2.45) is 0 Å². The summed E-state index contributed by atoms with van der Waals surface area (Å²) in [5, 5.41) is 16.5. The largest absolute Gasteiger partial charge is 0.478 e. The summed E-state index contributed by atoms with van der Waals surface area (Å²) in [6, 6.07) is 12.0. The molecule has 1 unspecified atom stereocenters. The summed E-state index contributed by atoms with van der Waals surface area (Å²) in [6.07, 6.45) is 4.93. The van der Waals surface area contributed by atoms with Gasteiger partial charge in [-0.2, -0.15) is 0 Å². The van der Waals surface area contributed by atoms with Crippen LogP contribution in [0.3, 0.4) is 0 Å². The molecular formula is C29H33N3O5. The fraction of sp³-hybridized carbons (Fsp3) is 0.414. The van der Waals surface area contributed by atoms with Crippen LogP contribution in [-0.4, -0.2) is 39.3 Å². The van der Waals surface area contributed by atoms with Gasteiger partial charge in [-0.15, -0.1) is 0 Å². The zero-order chi connectivity index (χ0) is 26.3. The summed E-state index contributed by atoms with van der Waals surface area (Å²) in [4.78, 5) is 37.9. The van der Waals surface area contributed by atoms with Crippen molar-refractivity contribution >= 4 is 34.6 Å². The lowest BCUT2D eigenvalue weighted by Crippen LogP contribution is -2.48. The molecule has 5 rings (SSSR count). The summed E-state index contributed by atoms with van der Waals surface area (Å²) >= 11 is 0. The third kappa shape index (κ3) is 4.92. The van der Waals surface area contributed by atoms with Gasteiger partial charge in [0.1, 0.15) is 11.6 Å². The number of ether oxygens (including phenoxy) is 1. The number of benzene rings is 2. The molecule has 2 amide bonds. The lowest BCUT2D eigenvalue weighted by molar-refractivity contribution is -0.118. The maximum atomic E-state index is 13.4. The van der Waals surface area contributed by atoms with Gasteiger partial charge in [0.05, 0.1) is 23.5 Å². The Morgan fingerprint density at radius 1 is 1.08 bits per heavy atom. The molecule has 8 nitrogen and oxygen atoms in total. The van der Waals surface area contributed by atoms with Crippen LogP contribution in [0, 0.1) is 0 Å². The van der Waals surface area contributed by atoms with Crippen LogP contribution >= 0.6 is 0 Å². The number of nitrogens with one attached hydrogen (secondary N) is 2. The van der Waals surface area contributed by atoms with Crippen LogP contribution in [-0.2, 0) is 16.1 Å². The third-order valence-corrected chi connectivity index (χ3v) is 7.18. The van der Waals surface area contributed by atoms with Crippen molar-refractivity contribution in [3.63, 3.8) is 0 Å². The van der Waals surface area contributed by atoms with Crippen molar-refractivity contribution in [3.8, 4) is 11.3 Å². The second-order valence-electron chi connectivity index (χ2n) is 11.0. The normalized spacial score (nSPS) is 18.2. The fourth-order valence-corrected chi connectivity index (χ4v) is 5.64. The number of hydrogen-bond donors (Lipinski definition) is 3. The number of nitrogens with zero attached hydrogens (tertiary/aromatic N) is 1. The lowest BCUT2D eigenvalue weighted by atomic mass is 9.81. The van der Waals surface area contributed by atoms with E-state index in [9.17, 15) is 19.5 Å². The van der Waals surface area contributed by atoms with E-state index in [4.69, 9.17) is 4.74 Å². The van der Waals surface area contributed by atoms with E-state index in [0.29, 0.717) is 11.6 Å². The Balaban J connectivity index is 1.73. The lowest BCUT2D eigenvalue weighted by Gasteiger charge is -2.28. The van der Waals surface area contributed by atoms with Gasteiger partial charge in [-0.05, 0) is 63.3 Å². The first kappa shape index (κ1) is 24.9. The average molecular weight is 504 g/mol. The molecule has 2 heterocycles. The molecule has 0 bridgehead atoms. The molecular weight excluding hydrogens is 470 g/mol. The number of aromatic carboxylic acids is 1. The summed E-state index contributed by atoms with van der Waals surface area (Å²) in [5.41, 5.74) is 3.91. The Hall–Kier alpha value is -3.81. The number of hydrogen-bond acceptors (Lipinski definition) is 4. The molecule has 2 aliphatic rings. The van der Waals surface area contributed by atoms with Gasteiger partial charge in [0.25, 0.3) is 0 Å². The van der Waals surface area contributed by atoms with Crippen LogP contribution in [0.5, 0.6) is 0 Å². The second-order valence-corrected chi connectivity index (χ2v) is 11.0. The van der Waals surface area contributed by atoms with Crippen molar-refractivity contribution in [2.75, 3.05) is 5.32 Å². The van der Waals surface area contributed by atoms with Crippen molar-refractivity contribution in [1.29, 1.82) is 0 Å². The van der Waals surface area contributed by atoms with Gasteiger partial charge in [0.15, 0.2) is 0 Å². The highest BCUT2D eigenvalue weighted by Gasteiger charge is 2.33. The van der Waals surface area contributed by atoms with Gasteiger partial charge < -0.3 is 25.0 Å². The zero-order valence-corrected chi connectivity index (χ0v) is 21.5. The number of fused-ring (bicyclic) bond motifs is 5. The molecule has 194 valence electrons. The van der Waals surface area contributed by atoms with Gasteiger partial charge in [0, 0.05) is 16.5 Å². The van der Waals surface area contributed by atoms with E-state index in [1.165, 1.54) is 12.0 Å². The molecule has 1 saturated carbocycles. The maximum Gasteiger partial charge on any atom is 0.408 e. The fourth-order valence-electron chi connectivity index (χ4n) is 5.64. The Bertz CT molecular complexity index is 1380. The Labute approximate surface area is 216 Å². The number of carboxylic acid groups (broad SMARTS) is 1. The number of para-hydroxylation sites is 1. The van der Waals surface area contributed by atoms with E-state index in [1.54, 1.807) is 32.9 Å². The number of rotatable bonds is 3. The molecule has 0 radical (unpaired) electrons. The third-order valence-electron chi connectivity index (χ3n) is 7.18. The second kappa shape index (κ2) is 9.57. The summed E-state index contributed by atoms with van der Waals surface area (Å²) < 4.78 is 7.46. The van der Waals surface area contributed by atoms with Crippen molar-refractivity contribution < 1.29 is 24.2 Å². The minimum atomic E-state index is -1.01. The van der Waals surface area contributed by atoms with Crippen molar-refractivity contribution in [3.05, 3.63) is 53.6 Å². The van der Waals surface area contributed by atoms with E-state index < -0.39 is 23.7 Å². The summed E-state index contributed by atoms with van der Waals surface area (Å²) in [5.74, 6) is -1.05. The molecule has 2 aromatic carbocycles. The van der Waals surface area contributed by atoms with Crippen LogP contribution in [0.4, 0.5) is 10.5 Å². The molecule has 1 aromatic heterocycles. The number of aromatic nitrogens is 1. The first-order chi connectivity index (χ1) is 17.6. The molecule has 1 aliphatic carbocycles. The van der Waals surface area contributed by atoms with E-state index in [-0.39, 0.29) is 18.0 Å². The number of alkyl carbamates (subject to hydrolysis) is 1. The molecule has 3 aromatic rings. The van der Waals surface area contributed by atoms with Crippen molar-refractivity contribution in [1.82, 2.24) is 9.88 Å². The van der Waals surface area contributed by atoms with Crippen LogP contribution in [0.1, 0.15) is 74.7 Å². The SMILES string of the molecule is CC(C)(C)OC(=O)NC1Cn2c(c(C3CCCCC3)c3ccc(C(=O)O)cc32)-c2ccccc2NC1=O. The smallest absolute Gasteiger partial charge is 0.408 e. The number of carbonyl (C=O) groups is 3. The number of amides is 2. The number of anilines is 1. The monoisotopic (exact) mass is 503 g/mol. The average Bonchev–Trinajstić information content (AvgIpc) is 3.15. The Kier molecular flexibility index (Phi) is 6.43. The molecule has 0 spiro atoms. The summed E-state index contributed by atoms with van der Waals surface area (Å²) in [6.45, 7) is 5.44. The van der Waals surface area contributed by atoms with Crippen molar-refractivity contribution in [2.45, 2.75) is 77.0 Å². The molecule has 37 heavy (non-hydrogen) atoms. The van der Waals surface area contributed by atoms with Gasteiger partial charge in [0.2, 0.25) is 5.91 Å². The minimum Gasteiger partial charge on any atom is -0.478 e. The minimum absolute atomic E-state index is 0.140. The number of carboxylic acids is 1. The van der Waals surface area contributed by atoms with Crippen LogP contribution in [0.2, 0.25) is 0 Å². The highest BCUT2D eigenvalue weighted by Crippen LogP contribution is 2.46.